The van der Waals surface area contributed by atoms with E-state index in [0.717, 1.165) is 11.3 Å². The van der Waals surface area contributed by atoms with Gasteiger partial charge in [-0.15, -0.1) is 0 Å². The second-order valence-corrected chi connectivity index (χ2v) is 4.54. The lowest BCUT2D eigenvalue weighted by atomic mass is 10.0. The van der Waals surface area contributed by atoms with Crippen LogP contribution in [0.1, 0.15) is 23.0 Å². The van der Waals surface area contributed by atoms with Crippen LogP contribution in [0, 0.1) is 13.8 Å². The number of likely N-dealkylation sites (N-methyl/N-ethyl adjacent to an activating group) is 1. The number of nitrogens with one attached hydrogen (secondary N) is 2. The van der Waals surface area contributed by atoms with Crippen LogP contribution in [0.2, 0.25) is 0 Å². The highest BCUT2D eigenvalue weighted by Crippen LogP contribution is 2.22. The average Bonchev–Trinajstić information content (AvgIpc) is 2.82. The van der Waals surface area contributed by atoms with Crippen molar-refractivity contribution in [2.75, 3.05) is 7.05 Å². The molecule has 1 aromatic carbocycles. The molecule has 5 heteroatoms. The van der Waals surface area contributed by atoms with Crippen LogP contribution >= 0.6 is 0 Å². The summed E-state index contributed by atoms with van der Waals surface area (Å²) in [5.74, 6) is -0.549. The quantitative estimate of drug-likeness (QED) is 0.785. The fraction of sp³-hybridized carbons (Fsp3) is 0.286. The van der Waals surface area contributed by atoms with Crippen LogP contribution in [0.3, 0.4) is 0 Å². The van der Waals surface area contributed by atoms with E-state index in [1.165, 1.54) is 11.1 Å². The van der Waals surface area contributed by atoms with Crippen LogP contribution < -0.4 is 5.32 Å². The van der Waals surface area contributed by atoms with Crippen molar-refractivity contribution in [2.24, 2.45) is 0 Å². The molecule has 1 atom stereocenters. The van der Waals surface area contributed by atoms with Crippen molar-refractivity contribution >= 4 is 5.97 Å². The Morgan fingerprint density at radius 1 is 1.37 bits per heavy atom. The molecule has 1 unspecified atom stereocenters. The van der Waals surface area contributed by atoms with Gasteiger partial charge in [0.1, 0.15) is 5.82 Å². The van der Waals surface area contributed by atoms with Crippen molar-refractivity contribution in [1.82, 2.24) is 15.3 Å². The van der Waals surface area contributed by atoms with E-state index in [-0.39, 0.29) is 0 Å². The molecule has 3 N–H and O–H groups in total. The van der Waals surface area contributed by atoms with Gasteiger partial charge >= 0.3 is 5.97 Å². The number of H-pyrrole nitrogens is 1. The van der Waals surface area contributed by atoms with Crippen molar-refractivity contribution in [2.45, 2.75) is 19.9 Å². The monoisotopic (exact) mass is 259 g/mol. The number of imidazole rings is 1. The number of hydrogen-bond acceptors (Lipinski definition) is 3. The predicted octanol–water partition coefficient (Wildman–Crippen LogP) is 2.04. The van der Waals surface area contributed by atoms with E-state index in [1.54, 1.807) is 13.2 Å². The van der Waals surface area contributed by atoms with Crippen molar-refractivity contribution in [3.63, 3.8) is 0 Å². The van der Waals surface area contributed by atoms with Gasteiger partial charge in [0, 0.05) is 0 Å². The molecule has 0 radical (unpaired) electrons. The Hall–Kier alpha value is -2.14. The lowest BCUT2D eigenvalue weighted by molar-refractivity contribution is -0.139. The number of rotatable bonds is 4. The zero-order valence-electron chi connectivity index (χ0n) is 11.2. The first-order chi connectivity index (χ1) is 9.02. The van der Waals surface area contributed by atoms with Crippen LogP contribution in [-0.2, 0) is 4.79 Å². The molecule has 5 nitrogen and oxygen atoms in total. The van der Waals surface area contributed by atoms with Gasteiger partial charge in [-0.1, -0.05) is 12.1 Å². The van der Waals surface area contributed by atoms with E-state index in [1.807, 2.05) is 19.1 Å². The van der Waals surface area contributed by atoms with Gasteiger partial charge in [-0.05, 0) is 43.7 Å². The molecule has 0 aliphatic heterocycles. The van der Waals surface area contributed by atoms with Gasteiger partial charge in [0.05, 0.1) is 11.9 Å². The molecule has 100 valence electrons. The highest BCUT2D eigenvalue weighted by molar-refractivity contribution is 5.74. The van der Waals surface area contributed by atoms with Crippen molar-refractivity contribution < 1.29 is 9.90 Å². The van der Waals surface area contributed by atoms with Crippen LogP contribution in [-0.4, -0.2) is 28.1 Å². The molecule has 2 aromatic rings. The zero-order valence-corrected chi connectivity index (χ0v) is 11.2. The van der Waals surface area contributed by atoms with Crippen LogP contribution in [0.4, 0.5) is 0 Å². The highest BCUT2D eigenvalue weighted by Gasteiger charge is 2.20. The molecule has 0 saturated carbocycles. The number of carboxylic acid groups (broad SMARTS) is 1. The molecule has 0 bridgehead atoms. The molecule has 0 amide bonds. The normalized spacial score (nSPS) is 12.4. The van der Waals surface area contributed by atoms with Gasteiger partial charge in [0.25, 0.3) is 0 Å². The van der Waals surface area contributed by atoms with Gasteiger partial charge in [-0.25, -0.2) is 4.98 Å². The molecule has 0 spiro atoms. The number of aromatic amines is 1. The second kappa shape index (κ2) is 5.24. The predicted molar refractivity (Wildman–Crippen MR) is 72.9 cm³/mol. The van der Waals surface area contributed by atoms with Gasteiger partial charge in [0.15, 0.2) is 6.04 Å². The Labute approximate surface area is 111 Å². The summed E-state index contributed by atoms with van der Waals surface area (Å²) in [6, 6.07) is 5.27. The Balaban J connectivity index is 2.35. The molecular weight excluding hydrogens is 242 g/mol. The van der Waals surface area contributed by atoms with Gasteiger partial charge in [-0.3, -0.25) is 4.79 Å². The third-order valence-electron chi connectivity index (χ3n) is 3.22. The van der Waals surface area contributed by atoms with Crippen molar-refractivity contribution in [3.8, 4) is 11.3 Å². The molecule has 0 fully saturated rings. The average molecular weight is 259 g/mol. The standard InChI is InChI=1S/C14H17N3O2/c1-8-4-5-10(6-9(8)2)11-7-16-13(17-11)12(15-3)14(18)19/h4-7,12,15H,1-3H3,(H,16,17)(H,18,19). The summed E-state index contributed by atoms with van der Waals surface area (Å²) >= 11 is 0. The number of aliphatic carboxylic acids is 1. The number of carbonyl (C=O) groups is 1. The Bertz CT molecular complexity index is 604. The van der Waals surface area contributed by atoms with Gasteiger partial charge in [-0.2, -0.15) is 0 Å². The van der Waals surface area contributed by atoms with Gasteiger partial charge < -0.3 is 15.4 Å². The third-order valence-corrected chi connectivity index (χ3v) is 3.22. The van der Waals surface area contributed by atoms with E-state index in [2.05, 4.69) is 28.3 Å². The topological polar surface area (TPSA) is 78.0 Å². The molecule has 0 aliphatic carbocycles. The maximum Gasteiger partial charge on any atom is 0.328 e. The van der Waals surface area contributed by atoms with Gasteiger partial charge in [0.2, 0.25) is 0 Å². The smallest absolute Gasteiger partial charge is 0.328 e. The third kappa shape index (κ3) is 2.66. The van der Waals surface area contributed by atoms with Crippen molar-refractivity contribution in [1.29, 1.82) is 0 Å². The molecule has 19 heavy (non-hydrogen) atoms. The van der Waals surface area contributed by atoms with E-state index in [9.17, 15) is 4.79 Å². The molecule has 2 rings (SSSR count). The summed E-state index contributed by atoms with van der Waals surface area (Å²) < 4.78 is 0. The fourth-order valence-electron chi connectivity index (χ4n) is 1.92. The van der Waals surface area contributed by atoms with E-state index < -0.39 is 12.0 Å². The molecule has 0 aliphatic rings. The Morgan fingerprint density at radius 2 is 2.11 bits per heavy atom. The first kappa shape index (κ1) is 13.3. The minimum Gasteiger partial charge on any atom is -0.480 e. The summed E-state index contributed by atoms with van der Waals surface area (Å²) in [6.45, 7) is 4.10. The second-order valence-electron chi connectivity index (χ2n) is 4.54. The summed E-state index contributed by atoms with van der Waals surface area (Å²) in [5.41, 5.74) is 4.24. The first-order valence-electron chi connectivity index (χ1n) is 6.05. The van der Waals surface area contributed by atoms with E-state index in [4.69, 9.17) is 5.11 Å². The maximum absolute atomic E-state index is 11.1. The van der Waals surface area contributed by atoms with Crippen LogP contribution in [0.15, 0.2) is 24.4 Å². The van der Waals surface area contributed by atoms with Crippen molar-refractivity contribution in [3.05, 3.63) is 41.3 Å². The minimum absolute atomic E-state index is 0.406. The fourth-order valence-corrected chi connectivity index (χ4v) is 1.92. The first-order valence-corrected chi connectivity index (χ1v) is 6.05. The summed E-state index contributed by atoms with van der Waals surface area (Å²) in [5, 5.41) is 11.8. The molecule has 1 heterocycles. The van der Waals surface area contributed by atoms with E-state index >= 15 is 0 Å². The van der Waals surface area contributed by atoms with Crippen LogP contribution in [0.5, 0.6) is 0 Å². The number of benzene rings is 1. The summed E-state index contributed by atoms with van der Waals surface area (Å²) in [6.07, 6.45) is 1.66. The molecule has 1 aromatic heterocycles. The lowest BCUT2D eigenvalue weighted by Gasteiger charge is -2.07. The maximum atomic E-state index is 11.1. The molecular formula is C14H17N3O2. The Kier molecular flexibility index (Phi) is 3.66. The number of aryl methyl sites for hydroxylation is 2. The largest absolute Gasteiger partial charge is 0.480 e. The number of aromatic nitrogens is 2. The number of hydrogen-bond donors (Lipinski definition) is 3. The summed E-state index contributed by atoms with van der Waals surface area (Å²) in [7, 11) is 1.59. The minimum atomic E-state index is -0.955. The molecule has 0 saturated heterocycles. The SMILES string of the molecule is CNC(C(=O)O)c1ncc(-c2ccc(C)c(C)c2)[nH]1. The van der Waals surface area contributed by atoms with E-state index in [0.29, 0.717) is 5.82 Å². The lowest BCUT2D eigenvalue weighted by Crippen LogP contribution is -2.26. The number of carboxylic acids is 1. The highest BCUT2D eigenvalue weighted by atomic mass is 16.4. The Morgan fingerprint density at radius 3 is 2.68 bits per heavy atom. The number of nitrogens with zero attached hydrogens (tertiary/aromatic N) is 1. The van der Waals surface area contributed by atoms with Crippen LogP contribution in [0.25, 0.3) is 11.3 Å². The zero-order chi connectivity index (χ0) is 14.0. The summed E-state index contributed by atoms with van der Waals surface area (Å²) in [4.78, 5) is 18.2.